The van der Waals surface area contributed by atoms with Crippen molar-refractivity contribution < 1.29 is 0 Å². The average Bonchev–Trinajstić information content (AvgIpc) is 2.33. The quantitative estimate of drug-likeness (QED) is 0.666. The first-order valence-corrected chi connectivity index (χ1v) is 6.91. The number of nitrogens with one attached hydrogen (secondary N) is 1. The van der Waals surface area contributed by atoms with Crippen LogP contribution in [0, 0.1) is 5.41 Å². The number of allylic oxidation sites excluding steroid dienone is 4. The van der Waals surface area contributed by atoms with Crippen molar-refractivity contribution in [2.45, 2.75) is 47.0 Å². The minimum absolute atomic E-state index is 0.239. The summed E-state index contributed by atoms with van der Waals surface area (Å²) < 4.78 is 0. The lowest BCUT2D eigenvalue weighted by Crippen LogP contribution is -2.22. The van der Waals surface area contributed by atoms with Crippen LogP contribution in [0.5, 0.6) is 0 Å². The van der Waals surface area contributed by atoms with E-state index in [1.807, 2.05) is 0 Å². The molecule has 0 aromatic heterocycles. The van der Waals surface area contributed by atoms with Crippen molar-refractivity contribution in [3.63, 3.8) is 0 Å². The highest BCUT2D eigenvalue weighted by Crippen LogP contribution is 2.42. The molecule has 0 radical (unpaired) electrons. The van der Waals surface area contributed by atoms with E-state index < -0.39 is 0 Å². The van der Waals surface area contributed by atoms with E-state index in [9.17, 15) is 0 Å². The Kier molecular flexibility index (Phi) is 5.01. The van der Waals surface area contributed by atoms with Crippen LogP contribution < -0.4 is 5.32 Å². The standard InChI is InChI=1S/C17H27N/c1-7-13(3)12-17(6)10-9-16(11-14(17)4)15(5)18-8-2/h9,11,18H,3,5,7-8,10,12H2,1-2,4,6H3. The molecule has 1 unspecified atom stereocenters. The first kappa shape index (κ1) is 14.8. The zero-order chi connectivity index (χ0) is 13.8. The Morgan fingerprint density at radius 3 is 2.56 bits per heavy atom. The van der Waals surface area contributed by atoms with Crippen LogP contribution in [0.2, 0.25) is 0 Å². The molecule has 18 heavy (non-hydrogen) atoms. The van der Waals surface area contributed by atoms with Gasteiger partial charge in [0, 0.05) is 12.2 Å². The lowest BCUT2D eigenvalue weighted by molar-refractivity contribution is 0.389. The molecule has 0 aromatic rings. The van der Waals surface area contributed by atoms with Gasteiger partial charge in [0.05, 0.1) is 0 Å². The normalized spacial score (nSPS) is 23.1. The highest BCUT2D eigenvalue weighted by Gasteiger charge is 2.28. The molecule has 0 spiro atoms. The third-order valence-corrected chi connectivity index (χ3v) is 3.98. The van der Waals surface area contributed by atoms with Crippen LogP contribution in [0.15, 0.2) is 47.7 Å². The second kappa shape index (κ2) is 6.08. The first-order valence-electron chi connectivity index (χ1n) is 6.91. The summed E-state index contributed by atoms with van der Waals surface area (Å²) in [6.45, 7) is 18.0. The van der Waals surface area contributed by atoms with Crippen molar-refractivity contribution in [1.29, 1.82) is 0 Å². The van der Waals surface area contributed by atoms with Crippen molar-refractivity contribution in [3.05, 3.63) is 47.7 Å². The average molecular weight is 245 g/mol. The van der Waals surface area contributed by atoms with Crippen LogP contribution >= 0.6 is 0 Å². The van der Waals surface area contributed by atoms with Gasteiger partial charge in [-0.25, -0.2) is 0 Å². The van der Waals surface area contributed by atoms with Gasteiger partial charge < -0.3 is 5.32 Å². The number of likely N-dealkylation sites (N-methyl/N-ethyl adjacent to an activating group) is 1. The van der Waals surface area contributed by atoms with E-state index in [1.54, 1.807) is 0 Å². The van der Waals surface area contributed by atoms with E-state index in [4.69, 9.17) is 0 Å². The number of hydrogen-bond acceptors (Lipinski definition) is 1. The van der Waals surface area contributed by atoms with E-state index >= 15 is 0 Å². The molecule has 0 aliphatic heterocycles. The highest BCUT2D eigenvalue weighted by atomic mass is 14.9. The lowest BCUT2D eigenvalue weighted by Gasteiger charge is -2.34. The second-order valence-electron chi connectivity index (χ2n) is 5.54. The van der Waals surface area contributed by atoms with Crippen molar-refractivity contribution >= 4 is 0 Å². The maximum absolute atomic E-state index is 4.15. The van der Waals surface area contributed by atoms with Gasteiger partial charge in [-0.15, -0.1) is 0 Å². The minimum Gasteiger partial charge on any atom is -0.385 e. The van der Waals surface area contributed by atoms with Gasteiger partial charge in [0.2, 0.25) is 0 Å². The fraction of sp³-hybridized carbons (Fsp3) is 0.529. The zero-order valence-corrected chi connectivity index (χ0v) is 12.4. The Hall–Kier alpha value is -1.24. The zero-order valence-electron chi connectivity index (χ0n) is 12.4. The van der Waals surface area contributed by atoms with E-state index in [0.29, 0.717) is 0 Å². The summed E-state index contributed by atoms with van der Waals surface area (Å²) in [5, 5.41) is 3.29. The van der Waals surface area contributed by atoms with Gasteiger partial charge in [-0.05, 0) is 44.1 Å². The molecule has 1 aliphatic carbocycles. The number of hydrogen-bond donors (Lipinski definition) is 1. The Morgan fingerprint density at radius 2 is 2.06 bits per heavy atom. The minimum atomic E-state index is 0.239. The van der Waals surface area contributed by atoms with E-state index in [2.05, 4.69) is 58.3 Å². The van der Waals surface area contributed by atoms with Gasteiger partial charge in [0.15, 0.2) is 0 Å². The predicted octanol–water partition coefficient (Wildman–Crippen LogP) is 4.75. The Bertz CT molecular complexity index is 398. The summed E-state index contributed by atoms with van der Waals surface area (Å²) in [7, 11) is 0. The predicted molar refractivity (Wildman–Crippen MR) is 81.4 cm³/mol. The summed E-state index contributed by atoms with van der Waals surface area (Å²) in [6, 6.07) is 0. The first-order chi connectivity index (χ1) is 8.42. The Morgan fingerprint density at radius 1 is 1.39 bits per heavy atom. The summed E-state index contributed by atoms with van der Waals surface area (Å²) in [4.78, 5) is 0. The lowest BCUT2D eigenvalue weighted by atomic mass is 9.71. The molecule has 1 aliphatic rings. The summed E-state index contributed by atoms with van der Waals surface area (Å²) in [5.74, 6) is 0. The van der Waals surface area contributed by atoms with Crippen LogP contribution in [0.25, 0.3) is 0 Å². The largest absolute Gasteiger partial charge is 0.385 e. The van der Waals surface area contributed by atoms with Crippen molar-refractivity contribution in [1.82, 2.24) is 5.32 Å². The summed E-state index contributed by atoms with van der Waals surface area (Å²) in [5.41, 5.74) is 5.30. The maximum atomic E-state index is 4.15. The monoisotopic (exact) mass is 245 g/mol. The second-order valence-corrected chi connectivity index (χ2v) is 5.54. The van der Waals surface area contributed by atoms with Crippen LogP contribution in [-0.2, 0) is 0 Å². The molecule has 1 heteroatoms. The molecule has 0 aromatic carbocycles. The van der Waals surface area contributed by atoms with Crippen molar-refractivity contribution in [2.75, 3.05) is 6.54 Å². The molecule has 1 atom stereocenters. The topological polar surface area (TPSA) is 12.0 Å². The molecule has 0 fully saturated rings. The number of rotatable bonds is 6. The summed E-state index contributed by atoms with van der Waals surface area (Å²) >= 11 is 0. The SMILES string of the molecule is C=C(CC)CC1(C)CC=C(C(=C)NCC)C=C1C. The molecular weight excluding hydrogens is 218 g/mol. The molecule has 1 N–H and O–H groups in total. The molecule has 0 bridgehead atoms. The van der Waals surface area contributed by atoms with Gasteiger partial charge in [0.25, 0.3) is 0 Å². The third-order valence-electron chi connectivity index (χ3n) is 3.98. The Balaban J connectivity index is 2.81. The van der Waals surface area contributed by atoms with Crippen molar-refractivity contribution in [3.8, 4) is 0 Å². The molecule has 1 rings (SSSR count). The van der Waals surface area contributed by atoms with Crippen molar-refractivity contribution in [2.24, 2.45) is 5.41 Å². The molecule has 0 saturated heterocycles. The van der Waals surface area contributed by atoms with E-state index in [-0.39, 0.29) is 5.41 Å². The van der Waals surface area contributed by atoms with Gasteiger partial charge >= 0.3 is 0 Å². The van der Waals surface area contributed by atoms with Crippen LogP contribution in [0.3, 0.4) is 0 Å². The molecule has 0 heterocycles. The van der Waals surface area contributed by atoms with E-state index in [0.717, 1.165) is 31.5 Å². The smallest absolute Gasteiger partial charge is 0.0337 e. The van der Waals surface area contributed by atoms with Gasteiger partial charge in [-0.3, -0.25) is 0 Å². The van der Waals surface area contributed by atoms with Crippen LogP contribution in [0.4, 0.5) is 0 Å². The highest BCUT2D eigenvalue weighted by molar-refractivity contribution is 5.43. The van der Waals surface area contributed by atoms with Crippen LogP contribution in [-0.4, -0.2) is 6.54 Å². The molecular formula is C17H27N. The molecule has 100 valence electrons. The van der Waals surface area contributed by atoms with Crippen LogP contribution in [0.1, 0.15) is 47.0 Å². The third kappa shape index (κ3) is 3.38. The summed E-state index contributed by atoms with van der Waals surface area (Å²) in [6.07, 6.45) is 7.82. The molecule has 1 nitrogen and oxygen atoms in total. The van der Waals surface area contributed by atoms with E-state index in [1.165, 1.54) is 16.7 Å². The fourth-order valence-corrected chi connectivity index (χ4v) is 2.38. The molecule has 0 saturated carbocycles. The fourth-order valence-electron chi connectivity index (χ4n) is 2.38. The molecule has 0 amide bonds. The maximum Gasteiger partial charge on any atom is 0.0337 e. The Labute approximate surface area is 112 Å². The van der Waals surface area contributed by atoms with Gasteiger partial charge in [-0.1, -0.05) is 50.3 Å². The van der Waals surface area contributed by atoms with Gasteiger partial charge in [0.1, 0.15) is 0 Å². The van der Waals surface area contributed by atoms with Gasteiger partial charge in [-0.2, -0.15) is 0 Å².